The van der Waals surface area contributed by atoms with Crippen LogP contribution in [0.2, 0.25) is 0 Å². The van der Waals surface area contributed by atoms with Crippen LogP contribution in [0, 0.1) is 5.92 Å². The summed E-state index contributed by atoms with van der Waals surface area (Å²) in [7, 11) is -2.80. The van der Waals surface area contributed by atoms with E-state index in [-0.39, 0.29) is 5.75 Å². The van der Waals surface area contributed by atoms with Crippen LogP contribution in [0.4, 0.5) is 0 Å². The predicted octanol–water partition coefficient (Wildman–Crippen LogP) is 0.105. The van der Waals surface area contributed by atoms with Crippen LogP contribution in [0.15, 0.2) is 0 Å². The first kappa shape index (κ1) is 12.3. The van der Waals surface area contributed by atoms with Crippen LogP contribution in [-0.4, -0.2) is 57.0 Å². The van der Waals surface area contributed by atoms with Crippen LogP contribution in [0.1, 0.15) is 19.8 Å². The Morgan fingerprint density at radius 1 is 1.38 bits per heavy atom. The minimum absolute atomic E-state index is 0.270. The molecule has 0 aromatic heterocycles. The van der Waals surface area contributed by atoms with Gasteiger partial charge in [0.15, 0.2) is 9.84 Å². The van der Waals surface area contributed by atoms with E-state index in [1.807, 2.05) is 0 Å². The second-order valence-corrected chi connectivity index (χ2v) is 7.43. The fraction of sp³-hybridized carbons (Fsp3) is 1.00. The van der Waals surface area contributed by atoms with Gasteiger partial charge in [-0.15, -0.1) is 0 Å². The Balaban J connectivity index is 1.80. The lowest BCUT2D eigenvalue weighted by Gasteiger charge is -2.24. The summed E-state index contributed by atoms with van der Waals surface area (Å²) in [5, 5.41) is 3.53. The van der Waals surface area contributed by atoms with E-state index in [0.29, 0.717) is 18.3 Å². The lowest BCUT2D eigenvalue weighted by molar-refractivity contribution is 0.331. The van der Waals surface area contributed by atoms with E-state index in [9.17, 15) is 8.42 Å². The predicted molar refractivity (Wildman–Crippen MR) is 65.3 cm³/mol. The van der Waals surface area contributed by atoms with E-state index in [1.165, 1.54) is 12.8 Å². The van der Waals surface area contributed by atoms with Gasteiger partial charge in [0.2, 0.25) is 0 Å². The van der Waals surface area contributed by atoms with E-state index in [2.05, 4.69) is 10.2 Å². The summed E-state index contributed by atoms with van der Waals surface area (Å²) in [6, 6.07) is 0.609. The van der Waals surface area contributed by atoms with Crippen molar-refractivity contribution < 1.29 is 8.42 Å². The molecule has 0 bridgehead atoms. The smallest absolute Gasteiger partial charge is 0.151 e. The van der Waals surface area contributed by atoms with Gasteiger partial charge in [0.05, 0.1) is 5.75 Å². The van der Waals surface area contributed by atoms with E-state index >= 15 is 0 Å². The summed E-state index contributed by atoms with van der Waals surface area (Å²) >= 11 is 0. The quantitative estimate of drug-likeness (QED) is 0.764. The number of piperidine rings is 1. The van der Waals surface area contributed by atoms with Crippen molar-refractivity contribution >= 4 is 9.84 Å². The van der Waals surface area contributed by atoms with Crippen LogP contribution in [0.3, 0.4) is 0 Å². The van der Waals surface area contributed by atoms with Crippen LogP contribution in [0.5, 0.6) is 0 Å². The van der Waals surface area contributed by atoms with Gasteiger partial charge in [-0.2, -0.15) is 0 Å². The fourth-order valence-electron chi connectivity index (χ4n) is 2.73. The second-order valence-electron chi connectivity index (χ2n) is 4.96. The second kappa shape index (κ2) is 5.02. The summed E-state index contributed by atoms with van der Waals surface area (Å²) in [5.41, 5.74) is 0. The van der Waals surface area contributed by atoms with Gasteiger partial charge in [-0.3, -0.25) is 0 Å². The summed E-state index contributed by atoms with van der Waals surface area (Å²) in [5.74, 6) is 1.34. The minimum atomic E-state index is -2.80. The number of rotatable bonds is 4. The Bertz CT molecular complexity index is 315. The molecule has 0 aliphatic carbocycles. The van der Waals surface area contributed by atoms with E-state index in [4.69, 9.17) is 0 Å². The van der Waals surface area contributed by atoms with Crippen LogP contribution in [0.25, 0.3) is 0 Å². The molecule has 4 nitrogen and oxygen atoms in total. The van der Waals surface area contributed by atoms with E-state index in [0.717, 1.165) is 25.6 Å². The Morgan fingerprint density at radius 3 is 2.88 bits per heavy atom. The molecule has 0 amide bonds. The summed E-state index contributed by atoms with van der Waals surface area (Å²) in [6.45, 7) is 5.68. The molecule has 2 aliphatic rings. The van der Waals surface area contributed by atoms with Crippen LogP contribution in [-0.2, 0) is 9.84 Å². The summed E-state index contributed by atoms with van der Waals surface area (Å²) in [6.07, 6.45) is 2.57. The van der Waals surface area contributed by atoms with Gasteiger partial charge < -0.3 is 10.2 Å². The van der Waals surface area contributed by atoms with Gasteiger partial charge in [0.25, 0.3) is 0 Å². The third kappa shape index (κ3) is 2.96. The van der Waals surface area contributed by atoms with Crippen molar-refractivity contribution in [3.8, 4) is 0 Å². The number of hydrogen-bond acceptors (Lipinski definition) is 4. The van der Waals surface area contributed by atoms with Crippen LogP contribution >= 0.6 is 0 Å². The number of likely N-dealkylation sites (tertiary alicyclic amines) is 1. The number of fused-ring (bicyclic) bond motifs is 1. The van der Waals surface area contributed by atoms with Gasteiger partial charge in [-0.25, -0.2) is 8.42 Å². The van der Waals surface area contributed by atoms with Crippen molar-refractivity contribution in [1.29, 1.82) is 0 Å². The molecule has 2 rings (SSSR count). The molecule has 2 heterocycles. The molecule has 2 saturated heterocycles. The minimum Gasteiger partial charge on any atom is -0.312 e. The molecule has 5 heteroatoms. The van der Waals surface area contributed by atoms with Crippen molar-refractivity contribution in [2.45, 2.75) is 25.8 Å². The zero-order valence-electron chi connectivity index (χ0n) is 9.98. The first-order valence-corrected chi connectivity index (χ1v) is 8.09. The molecule has 2 atom stereocenters. The van der Waals surface area contributed by atoms with E-state index in [1.54, 1.807) is 6.92 Å². The summed E-state index contributed by atoms with van der Waals surface area (Å²) in [4.78, 5) is 2.31. The number of nitrogens with zero attached hydrogens (tertiary/aromatic N) is 1. The highest BCUT2D eigenvalue weighted by atomic mass is 32.2. The molecule has 0 saturated carbocycles. The van der Waals surface area contributed by atoms with Crippen molar-refractivity contribution in [3.05, 3.63) is 0 Å². The average Bonchev–Trinajstić information content (AvgIpc) is 2.69. The maximum Gasteiger partial charge on any atom is 0.151 e. The highest BCUT2D eigenvalue weighted by Crippen LogP contribution is 2.24. The first-order chi connectivity index (χ1) is 7.61. The molecular weight excluding hydrogens is 224 g/mol. The summed E-state index contributed by atoms with van der Waals surface area (Å²) < 4.78 is 22.9. The topological polar surface area (TPSA) is 49.4 Å². The normalized spacial score (nSPS) is 31.6. The molecule has 2 fully saturated rings. The largest absolute Gasteiger partial charge is 0.312 e. The van der Waals surface area contributed by atoms with Crippen LogP contribution < -0.4 is 5.32 Å². The van der Waals surface area contributed by atoms with Crippen molar-refractivity contribution in [2.24, 2.45) is 5.92 Å². The van der Waals surface area contributed by atoms with Gasteiger partial charge in [-0.05, 0) is 25.3 Å². The number of nitrogens with one attached hydrogen (secondary N) is 1. The molecular formula is C11H22N2O2S. The lowest BCUT2D eigenvalue weighted by Crippen LogP contribution is -2.40. The Morgan fingerprint density at radius 2 is 2.19 bits per heavy atom. The maximum atomic E-state index is 11.4. The first-order valence-electron chi connectivity index (χ1n) is 6.27. The zero-order chi connectivity index (χ0) is 11.6. The highest BCUT2D eigenvalue weighted by Gasteiger charge is 2.34. The standard InChI is InChI=1S/C11H22N2O2S/c1-2-16(14,15)7-6-13-8-10-4-3-5-12-11(10)9-13/h10-12H,2-9H2,1H3/t10-,11+/m0/s1. The van der Waals surface area contributed by atoms with Crippen molar-refractivity contribution in [1.82, 2.24) is 10.2 Å². The van der Waals surface area contributed by atoms with Gasteiger partial charge in [-0.1, -0.05) is 6.92 Å². The molecule has 94 valence electrons. The third-order valence-electron chi connectivity index (χ3n) is 3.83. The third-order valence-corrected chi connectivity index (χ3v) is 5.52. The molecule has 0 aromatic carbocycles. The maximum absolute atomic E-state index is 11.4. The van der Waals surface area contributed by atoms with E-state index < -0.39 is 9.84 Å². The Hall–Kier alpha value is -0.130. The van der Waals surface area contributed by atoms with Gasteiger partial charge >= 0.3 is 0 Å². The number of sulfone groups is 1. The Kier molecular flexibility index (Phi) is 3.87. The Labute approximate surface area is 98.3 Å². The SMILES string of the molecule is CCS(=O)(=O)CCN1C[C@@H]2CCCN[C@@H]2C1. The van der Waals surface area contributed by atoms with Crippen molar-refractivity contribution in [3.63, 3.8) is 0 Å². The van der Waals surface area contributed by atoms with Gasteiger partial charge in [0.1, 0.15) is 0 Å². The monoisotopic (exact) mass is 246 g/mol. The number of hydrogen-bond donors (Lipinski definition) is 1. The molecule has 0 radical (unpaired) electrons. The molecule has 16 heavy (non-hydrogen) atoms. The molecule has 0 aromatic rings. The highest BCUT2D eigenvalue weighted by molar-refractivity contribution is 7.91. The molecule has 0 spiro atoms. The fourth-order valence-corrected chi connectivity index (χ4v) is 3.56. The average molecular weight is 246 g/mol. The zero-order valence-corrected chi connectivity index (χ0v) is 10.8. The molecule has 0 unspecified atom stereocenters. The van der Waals surface area contributed by atoms with Crippen molar-refractivity contribution in [2.75, 3.05) is 37.7 Å². The molecule has 1 N–H and O–H groups in total. The molecule has 2 aliphatic heterocycles. The lowest BCUT2D eigenvalue weighted by atomic mass is 9.94. The van der Waals surface area contributed by atoms with Gasteiger partial charge in [0, 0.05) is 31.4 Å².